The molecule has 2 heterocycles. The first kappa shape index (κ1) is 17.7. The molecule has 7 heteroatoms. The fourth-order valence-electron chi connectivity index (χ4n) is 2.99. The van der Waals surface area contributed by atoms with Crippen LogP contribution in [0.4, 0.5) is 11.4 Å². The zero-order valence-electron chi connectivity index (χ0n) is 14.7. The highest BCUT2D eigenvalue weighted by molar-refractivity contribution is 6.01. The lowest BCUT2D eigenvalue weighted by molar-refractivity contribution is -0.126. The van der Waals surface area contributed by atoms with Gasteiger partial charge >= 0.3 is 0 Å². The average molecular weight is 355 g/mol. The number of carbonyl (C=O) groups is 3. The summed E-state index contributed by atoms with van der Waals surface area (Å²) in [4.78, 5) is 37.5. The van der Waals surface area contributed by atoms with Gasteiger partial charge in [-0.2, -0.15) is 0 Å². The molecule has 1 saturated heterocycles. The molecule has 1 fully saturated rings. The van der Waals surface area contributed by atoms with E-state index in [4.69, 9.17) is 4.42 Å². The lowest BCUT2D eigenvalue weighted by Gasteiger charge is -2.17. The van der Waals surface area contributed by atoms with E-state index in [2.05, 4.69) is 10.6 Å². The second-order valence-electron chi connectivity index (χ2n) is 6.37. The van der Waals surface area contributed by atoms with Crippen LogP contribution >= 0.6 is 0 Å². The van der Waals surface area contributed by atoms with E-state index < -0.39 is 5.92 Å². The van der Waals surface area contributed by atoms with Gasteiger partial charge in [0, 0.05) is 31.3 Å². The number of amides is 3. The van der Waals surface area contributed by atoms with Crippen molar-refractivity contribution in [2.24, 2.45) is 5.92 Å². The molecule has 1 atom stereocenters. The van der Waals surface area contributed by atoms with Crippen LogP contribution in [0, 0.1) is 12.8 Å². The van der Waals surface area contributed by atoms with Crippen molar-refractivity contribution in [3.63, 3.8) is 0 Å². The Labute approximate surface area is 151 Å². The molecule has 0 radical (unpaired) electrons. The molecule has 1 aliphatic heterocycles. The maximum Gasteiger partial charge on any atom is 0.227 e. The van der Waals surface area contributed by atoms with Gasteiger partial charge in [0.15, 0.2) is 0 Å². The molecule has 2 N–H and O–H groups in total. The SMILES string of the molecule is CC(=O)Nc1cccc(N2C[C@H](C(=O)NCc3ccc(C)o3)CC2=O)c1. The maximum atomic E-state index is 12.4. The summed E-state index contributed by atoms with van der Waals surface area (Å²) in [6, 6.07) is 10.7. The molecule has 3 rings (SSSR count). The van der Waals surface area contributed by atoms with Crippen LogP contribution in [-0.4, -0.2) is 24.3 Å². The maximum absolute atomic E-state index is 12.4. The molecule has 7 nitrogen and oxygen atoms in total. The van der Waals surface area contributed by atoms with Crippen LogP contribution in [0.2, 0.25) is 0 Å². The Morgan fingerprint density at radius 2 is 2.08 bits per heavy atom. The number of rotatable bonds is 5. The summed E-state index contributed by atoms with van der Waals surface area (Å²) in [6.45, 7) is 3.88. The van der Waals surface area contributed by atoms with Crippen molar-refractivity contribution in [1.29, 1.82) is 0 Å². The molecular weight excluding hydrogens is 334 g/mol. The number of benzene rings is 1. The van der Waals surface area contributed by atoms with Crippen LogP contribution in [0.25, 0.3) is 0 Å². The molecule has 1 aromatic heterocycles. The van der Waals surface area contributed by atoms with Crippen molar-refractivity contribution >= 4 is 29.1 Å². The minimum absolute atomic E-state index is 0.112. The number of hydrogen-bond acceptors (Lipinski definition) is 4. The van der Waals surface area contributed by atoms with Crippen LogP contribution in [0.15, 0.2) is 40.8 Å². The predicted octanol–water partition coefficient (Wildman–Crippen LogP) is 2.22. The summed E-state index contributed by atoms with van der Waals surface area (Å²) in [5, 5.41) is 5.51. The lowest BCUT2D eigenvalue weighted by atomic mass is 10.1. The molecule has 0 spiro atoms. The van der Waals surface area contributed by atoms with Gasteiger partial charge < -0.3 is 20.0 Å². The van der Waals surface area contributed by atoms with Gasteiger partial charge in [0.25, 0.3) is 0 Å². The van der Waals surface area contributed by atoms with Crippen LogP contribution in [0.5, 0.6) is 0 Å². The van der Waals surface area contributed by atoms with Crippen molar-refractivity contribution in [1.82, 2.24) is 5.32 Å². The zero-order valence-corrected chi connectivity index (χ0v) is 14.7. The fourth-order valence-corrected chi connectivity index (χ4v) is 2.99. The summed E-state index contributed by atoms with van der Waals surface area (Å²) in [6.07, 6.45) is 0.160. The Morgan fingerprint density at radius 3 is 2.77 bits per heavy atom. The summed E-state index contributed by atoms with van der Waals surface area (Å²) in [5.74, 6) is 0.589. The number of furan rings is 1. The third-order valence-corrected chi connectivity index (χ3v) is 4.21. The molecule has 136 valence electrons. The fraction of sp³-hybridized carbons (Fsp3) is 0.316. The quantitative estimate of drug-likeness (QED) is 0.860. The molecule has 0 saturated carbocycles. The highest BCUT2D eigenvalue weighted by Gasteiger charge is 2.35. The number of hydrogen-bond donors (Lipinski definition) is 2. The Kier molecular flexibility index (Phi) is 5.06. The molecule has 26 heavy (non-hydrogen) atoms. The third-order valence-electron chi connectivity index (χ3n) is 4.21. The molecule has 3 amide bonds. The third kappa shape index (κ3) is 4.11. The Hall–Kier alpha value is -3.09. The van der Waals surface area contributed by atoms with Crippen LogP contribution in [0.3, 0.4) is 0 Å². The Balaban J connectivity index is 1.62. The average Bonchev–Trinajstić information content (AvgIpc) is 3.18. The number of nitrogens with zero attached hydrogens (tertiary/aromatic N) is 1. The largest absolute Gasteiger partial charge is 0.465 e. The number of nitrogens with one attached hydrogen (secondary N) is 2. The van der Waals surface area contributed by atoms with E-state index >= 15 is 0 Å². The number of anilines is 2. The van der Waals surface area contributed by atoms with Gasteiger partial charge in [-0.1, -0.05) is 6.07 Å². The van der Waals surface area contributed by atoms with Crippen molar-refractivity contribution < 1.29 is 18.8 Å². The van der Waals surface area contributed by atoms with E-state index in [0.29, 0.717) is 30.2 Å². The second-order valence-corrected chi connectivity index (χ2v) is 6.37. The van der Waals surface area contributed by atoms with Crippen LogP contribution in [-0.2, 0) is 20.9 Å². The van der Waals surface area contributed by atoms with Crippen molar-refractivity contribution in [3.05, 3.63) is 47.9 Å². The number of carbonyl (C=O) groups excluding carboxylic acids is 3. The minimum Gasteiger partial charge on any atom is -0.465 e. The topological polar surface area (TPSA) is 91.7 Å². The van der Waals surface area contributed by atoms with Crippen LogP contribution < -0.4 is 15.5 Å². The first-order valence-corrected chi connectivity index (χ1v) is 8.43. The highest BCUT2D eigenvalue weighted by Crippen LogP contribution is 2.27. The molecule has 0 unspecified atom stereocenters. The first-order chi connectivity index (χ1) is 12.4. The van der Waals surface area contributed by atoms with Gasteiger partial charge in [-0.15, -0.1) is 0 Å². The van der Waals surface area contributed by atoms with E-state index in [0.717, 1.165) is 5.76 Å². The molecule has 1 aromatic carbocycles. The summed E-state index contributed by atoms with van der Waals surface area (Å²) < 4.78 is 5.43. The smallest absolute Gasteiger partial charge is 0.227 e. The highest BCUT2D eigenvalue weighted by atomic mass is 16.3. The second kappa shape index (κ2) is 7.43. The molecular formula is C19H21N3O4. The van der Waals surface area contributed by atoms with Gasteiger partial charge in [-0.3, -0.25) is 14.4 Å². The van der Waals surface area contributed by atoms with Crippen molar-refractivity contribution in [2.75, 3.05) is 16.8 Å². The standard InChI is InChI=1S/C19H21N3O4/c1-12-6-7-17(26-12)10-20-19(25)14-8-18(24)22(11-14)16-5-3-4-15(9-16)21-13(2)23/h3-7,9,14H,8,10-11H2,1-2H3,(H,20,25)(H,21,23)/t14-/m1/s1. The van der Waals surface area contributed by atoms with Gasteiger partial charge in [-0.25, -0.2) is 0 Å². The van der Waals surface area contributed by atoms with Gasteiger partial charge in [0.05, 0.1) is 12.5 Å². The minimum atomic E-state index is -0.414. The van der Waals surface area contributed by atoms with Gasteiger partial charge in [-0.05, 0) is 37.3 Å². The van der Waals surface area contributed by atoms with E-state index in [1.165, 1.54) is 6.92 Å². The lowest BCUT2D eigenvalue weighted by Crippen LogP contribution is -2.32. The Bertz CT molecular complexity index is 843. The van der Waals surface area contributed by atoms with E-state index in [1.807, 2.05) is 19.1 Å². The van der Waals surface area contributed by atoms with Gasteiger partial charge in [0.2, 0.25) is 17.7 Å². The van der Waals surface area contributed by atoms with E-state index in [9.17, 15) is 14.4 Å². The zero-order chi connectivity index (χ0) is 18.7. The molecule has 1 aliphatic rings. The Morgan fingerprint density at radius 1 is 1.27 bits per heavy atom. The molecule has 0 aliphatic carbocycles. The summed E-state index contributed by atoms with van der Waals surface area (Å²) >= 11 is 0. The van der Waals surface area contributed by atoms with E-state index in [1.54, 1.807) is 29.2 Å². The van der Waals surface area contributed by atoms with E-state index in [-0.39, 0.29) is 24.1 Å². The monoisotopic (exact) mass is 355 g/mol. The van der Waals surface area contributed by atoms with Crippen molar-refractivity contribution in [2.45, 2.75) is 26.8 Å². The predicted molar refractivity (Wildman–Crippen MR) is 96.5 cm³/mol. The summed E-state index contributed by atoms with van der Waals surface area (Å²) in [7, 11) is 0. The normalized spacial score (nSPS) is 16.6. The first-order valence-electron chi connectivity index (χ1n) is 8.43. The van der Waals surface area contributed by atoms with Crippen LogP contribution in [0.1, 0.15) is 24.9 Å². The summed E-state index contributed by atoms with van der Waals surface area (Å²) in [5.41, 5.74) is 1.28. The molecule has 0 bridgehead atoms. The van der Waals surface area contributed by atoms with Crippen molar-refractivity contribution in [3.8, 4) is 0 Å². The van der Waals surface area contributed by atoms with Gasteiger partial charge in [0.1, 0.15) is 11.5 Å². The number of aryl methyl sites for hydroxylation is 1. The molecule has 2 aromatic rings.